The van der Waals surface area contributed by atoms with E-state index in [4.69, 9.17) is 0 Å². The van der Waals surface area contributed by atoms with E-state index in [9.17, 15) is 4.79 Å². The third-order valence-electron chi connectivity index (χ3n) is 4.26. The van der Waals surface area contributed by atoms with Crippen molar-refractivity contribution in [3.05, 3.63) is 35.4 Å². The van der Waals surface area contributed by atoms with Gasteiger partial charge in [-0.15, -0.1) is 0 Å². The van der Waals surface area contributed by atoms with Gasteiger partial charge in [0.05, 0.1) is 12.1 Å². The topological polar surface area (TPSA) is 41.1 Å². The number of piperidine rings is 1. The standard InChI is InChI=1S/C17H26N2O/c1-4-15(14-9-7-12(2)8-10-14)19-17(20)16-13(3)6-5-11-18-16/h7-10,13,15-16,18H,4-6,11H2,1-3H3,(H,19,20). The van der Waals surface area contributed by atoms with Crippen molar-refractivity contribution in [1.82, 2.24) is 10.6 Å². The van der Waals surface area contributed by atoms with E-state index in [0.29, 0.717) is 5.92 Å². The number of carbonyl (C=O) groups is 1. The van der Waals surface area contributed by atoms with Crippen LogP contribution in [0.3, 0.4) is 0 Å². The molecule has 3 nitrogen and oxygen atoms in total. The van der Waals surface area contributed by atoms with Crippen LogP contribution in [-0.4, -0.2) is 18.5 Å². The first-order valence-electron chi connectivity index (χ1n) is 7.72. The first kappa shape index (κ1) is 15.0. The molecule has 1 aliphatic heterocycles. The van der Waals surface area contributed by atoms with Crippen molar-refractivity contribution in [3.8, 4) is 0 Å². The minimum atomic E-state index is -0.0387. The predicted octanol–water partition coefficient (Wildman–Crippen LogP) is 2.95. The van der Waals surface area contributed by atoms with Crippen LogP contribution in [0.25, 0.3) is 0 Å². The summed E-state index contributed by atoms with van der Waals surface area (Å²) in [6.45, 7) is 7.30. The van der Waals surface area contributed by atoms with E-state index < -0.39 is 0 Å². The molecule has 0 spiro atoms. The molecular weight excluding hydrogens is 248 g/mol. The number of aryl methyl sites for hydroxylation is 1. The van der Waals surface area contributed by atoms with Crippen molar-refractivity contribution >= 4 is 5.91 Å². The molecule has 20 heavy (non-hydrogen) atoms. The van der Waals surface area contributed by atoms with Gasteiger partial charge >= 0.3 is 0 Å². The van der Waals surface area contributed by atoms with Crippen molar-refractivity contribution in [2.24, 2.45) is 5.92 Å². The van der Waals surface area contributed by atoms with Crippen LogP contribution < -0.4 is 10.6 Å². The van der Waals surface area contributed by atoms with E-state index in [1.807, 2.05) is 0 Å². The van der Waals surface area contributed by atoms with Crippen LogP contribution in [0, 0.1) is 12.8 Å². The average molecular weight is 274 g/mol. The van der Waals surface area contributed by atoms with Crippen LogP contribution in [0.15, 0.2) is 24.3 Å². The van der Waals surface area contributed by atoms with Gasteiger partial charge in [0.1, 0.15) is 0 Å². The molecule has 0 aliphatic carbocycles. The first-order valence-corrected chi connectivity index (χ1v) is 7.72. The largest absolute Gasteiger partial charge is 0.348 e. The van der Waals surface area contributed by atoms with Gasteiger partial charge in [0, 0.05) is 0 Å². The smallest absolute Gasteiger partial charge is 0.237 e. The Kier molecular flexibility index (Phi) is 5.18. The summed E-state index contributed by atoms with van der Waals surface area (Å²) in [5, 5.41) is 6.55. The maximum Gasteiger partial charge on any atom is 0.237 e. The summed E-state index contributed by atoms with van der Waals surface area (Å²) in [6.07, 6.45) is 3.21. The van der Waals surface area contributed by atoms with Gasteiger partial charge in [-0.3, -0.25) is 4.79 Å². The number of amides is 1. The molecule has 1 aromatic rings. The minimum absolute atomic E-state index is 0.0387. The molecule has 1 aliphatic rings. The van der Waals surface area contributed by atoms with Gasteiger partial charge in [-0.1, -0.05) is 43.7 Å². The Morgan fingerprint density at radius 3 is 2.70 bits per heavy atom. The number of carbonyl (C=O) groups excluding carboxylic acids is 1. The van der Waals surface area contributed by atoms with E-state index in [1.165, 1.54) is 17.5 Å². The van der Waals surface area contributed by atoms with Gasteiger partial charge in [-0.05, 0) is 44.2 Å². The lowest BCUT2D eigenvalue weighted by molar-refractivity contribution is -0.125. The maximum atomic E-state index is 12.4. The molecule has 1 heterocycles. The summed E-state index contributed by atoms with van der Waals surface area (Å²) in [4.78, 5) is 12.4. The Balaban J connectivity index is 2.02. The van der Waals surface area contributed by atoms with Crippen LogP contribution in [0.4, 0.5) is 0 Å². The zero-order valence-corrected chi connectivity index (χ0v) is 12.8. The van der Waals surface area contributed by atoms with Gasteiger partial charge in [0.2, 0.25) is 5.91 Å². The normalized spacial score (nSPS) is 24.1. The molecule has 2 rings (SSSR count). The molecule has 3 heteroatoms. The molecular formula is C17H26N2O. The van der Waals surface area contributed by atoms with Gasteiger partial charge in [-0.25, -0.2) is 0 Å². The minimum Gasteiger partial charge on any atom is -0.348 e. The third-order valence-corrected chi connectivity index (χ3v) is 4.26. The van der Waals surface area contributed by atoms with Crippen LogP contribution in [0.5, 0.6) is 0 Å². The Morgan fingerprint density at radius 1 is 1.40 bits per heavy atom. The van der Waals surface area contributed by atoms with Gasteiger partial charge < -0.3 is 10.6 Å². The summed E-state index contributed by atoms with van der Waals surface area (Å²) in [6, 6.07) is 8.50. The molecule has 3 unspecified atom stereocenters. The lowest BCUT2D eigenvalue weighted by Crippen LogP contribution is -2.51. The highest BCUT2D eigenvalue weighted by molar-refractivity contribution is 5.82. The van der Waals surface area contributed by atoms with Crippen molar-refractivity contribution < 1.29 is 4.79 Å². The van der Waals surface area contributed by atoms with Crippen LogP contribution in [0.2, 0.25) is 0 Å². The summed E-state index contributed by atoms with van der Waals surface area (Å²) in [5.41, 5.74) is 2.44. The second-order valence-corrected chi connectivity index (χ2v) is 5.93. The van der Waals surface area contributed by atoms with Crippen LogP contribution >= 0.6 is 0 Å². The second kappa shape index (κ2) is 6.89. The van der Waals surface area contributed by atoms with Crippen LogP contribution in [-0.2, 0) is 4.79 Å². The molecule has 3 atom stereocenters. The molecule has 0 aromatic heterocycles. The fraction of sp³-hybridized carbons (Fsp3) is 0.588. The number of nitrogens with one attached hydrogen (secondary N) is 2. The highest BCUT2D eigenvalue weighted by Gasteiger charge is 2.28. The lowest BCUT2D eigenvalue weighted by atomic mass is 9.91. The van der Waals surface area contributed by atoms with E-state index in [-0.39, 0.29) is 18.0 Å². The average Bonchev–Trinajstić information content (AvgIpc) is 2.46. The Bertz CT molecular complexity index is 441. The SMILES string of the molecule is CCC(NC(=O)C1NCCCC1C)c1ccc(C)cc1. The quantitative estimate of drug-likeness (QED) is 0.886. The Labute approximate surface area is 122 Å². The molecule has 2 N–H and O–H groups in total. The number of hydrogen-bond donors (Lipinski definition) is 2. The third kappa shape index (κ3) is 3.60. The molecule has 0 bridgehead atoms. The monoisotopic (exact) mass is 274 g/mol. The molecule has 1 fully saturated rings. The van der Waals surface area contributed by atoms with Crippen molar-refractivity contribution in [1.29, 1.82) is 0 Å². The zero-order chi connectivity index (χ0) is 14.5. The molecule has 0 saturated carbocycles. The highest BCUT2D eigenvalue weighted by Crippen LogP contribution is 2.20. The fourth-order valence-electron chi connectivity index (χ4n) is 2.88. The molecule has 110 valence electrons. The second-order valence-electron chi connectivity index (χ2n) is 5.93. The number of hydrogen-bond acceptors (Lipinski definition) is 2. The molecule has 0 radical (unpaired) electrons. The number of rotatable bonds is 4. The van der Waals surface area contributed by atoms with Crippen molar-refractivity contribution in [3.63, 3.8) is 0 Å². The fourth-order valence-corrected chi connectivity index (χ4v) is 2.88. The lowest BCUT2D eigenvalue weighted by Gasteiger charge is -2.30. The Morgan fingerprint density at radius 2 is 2.10 bits per heavy atom. The van der Waals surface area contributed by atoms with Crippen molar-refractivity contribution in [2.45, 2.75) is 52.1 Å². The number of benzene rings is 1. The summed E-state index contributed by atoms with van der Waals surface area (Å²) < 4.78 is 0. The molecule has 1 aromatic carbocycles. The summed E-state index contributed by atoms with van der Waals surface area (Å²) in [5.74, 6) is 0.559. The van der Waals surface area contributed by atoms with Crippen molar-refractivity contribution in [2.75, 3.05) is 6.54 Å². The first-order chi connectivity index (χ1) is 9.61. The maximum absolute atomic E-state index is 12.4. The van der Waals surface area contributed by atoms with E-state index in [2.05, 4.69) is 55.7 Å². The molecule has 1 saturated heterocycles. The Hall–Kier alpha value is -1.35. The van der Waals surface area contributed by atoms with E-state index in [1.54, 1.807) is 0 Å². The predicted molar refractivity (Wildman–Crippen MR) is 82.5 cm³/mol. The van der Waals surface area contributed by atoms with Gasteiger partial charge in [0.25, 0.3) is 0 Å². The zero-order valence-electron chi connectivity index (χ0n) is 12.8. The highest BCUT2D eigenvalue weighted by atomic mass is 16.2. The molecule has 1 amide bonds. The summed E-state index contributed by atoms with van der Waals surface area (Å²) in [7, 11) is 0. The van der Waals surface area contributed by atoms with E-state index in [0.717, 1.165) is 19.4 Å². The van der Waals surface area contributed by atoms with Gasteiger partial charge in [0.15, 0.2) is 0 Å². The van der Waals surface area contributed by atoms with Gasteiger partial charge in [-0.2, -0.15) is 0 Å². The summed E-state index contributed by atoms with van der Waals surface area (Å²) >= 11 is 0. The van der Waals surface area contributed by atoms with Crippen LogP contribution in [0.1, 0.15) is 50.3 Å². The van der Waals surface area contributed by atoms with E-state index >= 15 is 0 Å².